The number of benzene rings is 2. The first-order valence-electron chi connectivity index (χ1n) is 13.9. The van der Waals surface area contributed by atoms with E-state index in [1.807, 2.05) is 6.07 Å². The van der Waals surface area contributed by atoms with E-state index in [-0.39, 0.29) is 28.8 Å². The molecule has 3 aromatic rings. The standard InChI is InChI=1S/C31H36ClFN4O5/c1-16(35-30(41)42-31(3,4)5)29(40)37-21-9-7-20(8-10-21)36-27-22-12-18(19-13-24(32)28(39)25(33)14-19)6-11-26(22)34-15-23(27)17(2)38/h6,11-16,20-21,39H,7-10H2,1-5H3,(H,34,36)(H,35,41)(H,37,40). The number of halogens is 2. The Morgan fingerprint density at radius 2 is 1.74 bits per heavy atom. The highest BCUT2D eigenvalue weighted by molar-refractivity contribution is 6.32. The average Bonchev–Trinajstić information content (AvgIpc) is 2.91. The summed E-state index contributed by atoms with van der Waals surface area (Å²) in [7, 11) is 0. The average molecular weight is 599 g/mol. The Morgan fingerprint density at radius 3 is 2.36 bits per heavy atom. The molecule has 0 saturated heterocycles. The first-order chi connectivity index (χ1) is 19.7. The van der Waals surface area contributed by atoms with Crippen molar-refractivity contribution in [3.63, 3.8) is 0 Å². The zero-order valence-corrected chi connectivity index (χ0v) is 25.1. The first kappa shape index (κ1) is 31.0. The highest BCUT2D eigenvalue weighted by Gasteiger charge is 2.27. The molecule has 1 aliphatic carbocycles. The van der Waals surface area contributed by atoms with Crippen LogP contribution in [-0.2, 0) is 9.53 Å². The van der Waals surface area contributed by atoms with Crippen LogP contribution in [0.2, 0.25) is 5.02 Å². The SMILES string of the molecule is CC(=O)c1cnc2ccc(-c3cc(F)c(O)c(Cl)c3)cc2c1NC1CCC(NC(=O)C(C)NC(=O)OC(C)(C)C)CC1. The Kier molecular flexibility index (Phi) is 9.25. The predicted octanol–water partition coefficient (Wildman–Crippen LogP) is 6.36. The van der Waals surface area contributed by atoms with Gasteiger partial charge in [0.15, 0.2) is 17.3 Å². The quantitative estimate of drug-likeness (QED) is 0.233. The Balaban J connectivity index is 1.47. The number of ketones is 1. The number of carbonyl (C=O) groups excluding carboxylic acids is 3. The molecule has 224 valence electrons. The molecule has 4 N–H and O–H groups in total. The van der Waals surface area contributed by atoms with Crippen LogP contribution >= 0.6 is 11.6 Å². The molecule has 1 atom stereocenters. The highest BCUT2D eigenvalue weighted by Crippen LogP contribution is 2.36. The number of anilines is 1. The lowest BCUT2D eigenvalue weighted by atomic mass is 9.90. The van der Waals surface area contributed by atoms with Gasteiger partial charge in [0.05, 0.1) is 21.8 Å². The van der Waals surface area contributed by atoms with Gasteiger partial charge in [-0.25, -0.2) is 9.18 Å². The molecule has 11 heteroatoms. The van der Waals surface area contributed by atoms with Gasteiger partial charge in [-0.2, -0.15) is 0 Å². The van der Waals surface area contributed by atoms with Crippen LogP contribution in [0.25, 0.3) is 22.0 Å². The van der Waals surface area contributed by atoms with E-state index >= 15 is 0 Å². The van der Waals surface area contributed by atoms with Crippen LogP contribution in [0.1, 0.15) is 70.7 Å². The Hall–Kier alpha value is -3.92. The number of fused-ring (bicyclic) bond motifs is 1. The number of rotatable bonds is 7. The summed E-state index contributed by atoms with van der Waals surface area (Å²) in [6, 6.07) is 7.31. The lowest BCUT2D eigenvalue weighted by molar-refractivity contribution is -0.123. The number of pyridine rings is 1. The smallest absolute Gasteiger partial charge is 0.408 e. The Labute approximate surface area is 249 Å². The minimum absolute atomic E-state index is 0.0309. The molecule has 0 aliphatic heterocycles. The van der Waals surface area contributed by atoms with E-state index in [2.05, 4.69) is 20.9 Å². The largest absolute Gasteiger partial charge is 0.504 e. The summed E-state index contributed by atoms with van der Waals surface area (Å²) in [6.07, 6.45) is 3.78. The minimum Gasteiger partial charge on any atom is -0.504 e. The second-order valence-electron chi connectivity index (χ2n) is 11.7. The molecule has 2 amide bonds. The molecule has 0 bridgehead atoms. The van der Waals surface area contributed by atoms with Crippen molar-refractivity contribution in [1.82, 2.24) is 15.6 Å². The molecule has 42 heavy (non-hydrogen) atoms. The maximum Gasteiger partial charge on any atom is 0.408 e. The number of aromatic nitrogens is 1. The summed E-state index contributed by atoms with van der Waals surface area (Å²) in [6.45, 7) is 8.35. The van der Waals surface area contributed by atoms with Gasteiger partial charge in [-0.15, -0.1) is 0 Å². The highest BCUT2D eigenvalue weighted by atomic mass is 35.5. The van der Waals surface area contributed by atoms with E-state index in [1.54, 1.807) is 46.0 Å². The molecule has 2 aromatic carbocycles. The fourth-order valence-corrected chi connectivity index (χ4v) is 5.20. The van der Waals surface area contributed by atoms with Crippen molar-refractivity contribution in [1.29, 1.82) is 0 Å². The van der Waals surface area contributed by atoms with Crippen LogP contribution in [0.5, 0.6) is 5.75 Å². The van der Waals surface area contributed by atoms with Crippen molar-refractivity contribution in [2.45, 2.75) is 84.0 Å². The maximum atomic E-state index is 14.2. The number of nitrogens with one attached hydrogen (secondary N) is 3. The van der Waals surface area contributed by atoms with E-state index in [1.165, 1.54) is 19.1 Å². The molecule has 0 radical (unpaired) electrons. The number of phenolic OH excluding ortho intramolecular Hbond substituents is 1. The predicted molar refractivity (Wildman–Crippen MR) is 160 cm³/mol. The van der Waals surface area contributed by atoms with Crippen molar-refractivity contribution < 1.29 is 28.6 Å². The van der Waals surface area contributed by atoms with Crippen LogP contribution < -0.4 is 16.0 Å². The zero-order valence-electron chi connectivity index (χ0n) is 24.3. The van der Waals surface area contributed by atoms with Gasteiger partial charge in [-0.1, -0.05) is 17.7 Å². The van der Waals surface area contributed by atoms with Crippen molar-refractivity contribution in [3.05, 3.63) is 52.9 Å². The third kappa shape index (κ3) is 7.47. The Morgan fingerprint density at radius 1 is 1.07 bits per heavy atom. The summed E-state index contributed by atoms with van der Waals surface area (Å²) in [5, 5.41) is 19.4. The molecule has 4 rings (SSSR count). The molecular weight excluding hydrogens is 563 g/mol. The summed E-state index contributed by atoms with van der Waals surface area (Å²) in [5.74, 6) is -1.87. The van der Waals surface area contributed by atoms with Gasteiger partial charge < -0.3 is 25.8 Å². The van der Waals surface area contributed by atoms with Crippen molar-refractivity contribution in [3.8, 4) is 16.9 Å². The van der Waals surface area contributed by atoms with Gasteiger partial charge in [-0.05, 0) is 95.7 Å². The molecule has 9 nitrogen and oxygen atoms in total. The van der Waals surface area contributed by atoms with Crippen LogP contribution in [0.15, 0.2) is 36.5 Å². The summed E-state index contributed by atoms with van der Waals surface area (Å²) < 4.78 is 19.4. The molecule has 1 saturated carbocycles. The molecular formula is C31H36ClFN4O5. The lowest BCUT2D eigenvalue weighted by Gasteiger charge is -2.31. The monoisotopic (exact) mass is 598 g/mol. The topological polar surface area (TPSA) is 130 Å². The Bertz CT molecular complexity index is 1490. The van der Waals surface area contributed by atoms with Crippen LogP contribution in [0.4, 0.5) is 14.9 Å². The second-order valence-corrected chi connectivity index (χ2v) is 12.1. The van der Waals surface area contributed by atoms with E-state index in [9.17, 15) is 23.9 Å². The number of phenols is 1. The summed E-state index contributed by atoms with van der Waals surface area (Å²) >= 11 is 6.01. The summed E-state index contributed by atoms with van der Waals surface area (Å²) in [5.41, 5.74) is 2.20. The third-order valence-electron chi connectivity index (χ3n) is 7.15. The summed E-state index contributed by atoms with van der Waals surface area (Å²) in [4.78, 5) is 41.7. The molecule has 0 spiro atoms. The van der Waals surface area contributed by atoms with Gasteiger partial charge in [-0.3, -0.25) is 14.6 Å². The third-order valence-corrected chi connectivity index (χ3v) is 7.43. The van der Waals surface area contributed by atoms with E-state index in [4.69, 9.17) is 16.3 Å². The molecule has 1 aromatic heterocycles. The van der Waals surface area contributed by atoms with Crippen LogP contribution in [0.3, 0.4) is 0 Å². The van der Waals surface area contributed by atoms with Gasteiger partial charge in [0.1, 0.15) is 11.6 Å². The van der Waals surface area contributed by atoms with Crippen molar-refractivity contribution in [2.75, 3.05) is 5.32 Å². The van der Waals surface area contributed by atoms with Gasteiger partial charge in [0.2, 0.25) is 5.91 Å². The fraction of sp³-hybridized carbons (Fsp3) is 0.419. The maximum absolute atomic E-state index is 14.2. The number of ether oxygens (including phenoxy) is 1. The number of alkyl carbamates (subject to hydrolysis) is 1. The van der Waals surface area contributed by atoms with E-state index < -0.39 is 29.3 Å². The fourth-order valence-electron chi connectivity index (χ4n) is 4.99. The van der Waals surface area contributed by atoms with Crippen LogP contribution in [0, 0.1) is 5.82 Å². The number of nitrogens with zero attached hydrogens (tertiary/aromatic N) is 1. The molecule has 1 fully saturated rings. The number of hydrogen-bond acceptors (Lipinski definition) is 7. The normalized spacial score (nSPS) is 17.8. The molecule has 1 heterocycles. The molecule has 1 aliphatic rings. The zero-order chi connectivity index (χ0) is 30.8. The van der Waals surface area contributed by atoms with Gasteiger partial charge in [0, 0.05) is 23.7 Å². The lowest BCUT2D eigenvalue weighted by Crippen LogP contribution is -2.50. The van der Waals surface area contributed by atoms with Gasteiger partial charge >= 0.3 is 6.09 Å². The number of amides is 2. The number of carbonyl (C=O) groups is 3. The molecule has 1 unspecified atom stereocenters. The van der Waals surface area contributed by atoms with E-state index in [0.717, 1.165) is 12.8 Å². The van der Waals surface area contributed by atoms with Crippen molar-refractivity contribution in [2.24, 2.45) is 0 Å². The first-order valence-corrected chi connectivity index (χ1v) is 14.3. The van der Waals surface area contributed by atoms with Crippen LogP contribution in [-0.4, -0.2) is 51.6 Å². The number of hydrogen-bond donors (Lipinski definition) is 4. The minimum atomic E-state index is -0.828. The number of Topliss-reactive ketones (excluding diaryl/α,β-unsaturated/α-hetero) is 1. The van der Waals surface area contributed by atoms with Gasteiger partial charge in [0.25, 0.3) is 0 Å². The van der Waals surface area contributed by atoms with E-state index in [0.29, 0.717) is 46.1 Å². The van der Waals surface area contributed by atoms with Crippen molar-refractivity contribution >= 4 is 46.0 Å². The second kappa shape index (κ2) is 12.5. The number of aromatic hydroxyl groups is 1.